The van der Waals surface area contributed by atoms with Crippen LogP contribution in [0.3, 0.4) is 0 Å². The highest BCUT2D eigenvalue weighted by Crippen LogP contribution is 2.09. The molecule has 1 rings (SSSR count). The molecule has 0 spiro atoms. The largest absolute Gasteiger partial charge is 0.462 e. The molecular weight excluding hydrogens is 260 g/mol. The van der Waals surface area contributed by atoms with Crippen molar-refractivity contribution < 1.29 is 14.3 Å². The number of carbonyl (C=O) groups excluding carboxylic acids is 2. The van der Waals surface area contributed by atoms with E-state index in [0.29, 0.717) is 5.69 Å². The van der Waals surface area contributed by atoms with E-state index in [-0.39, 0.29) is 17.7 Å². The van der Waals surface area contributed by atoms with E-state index < -0.39 is 11.9 Å². The summed E-state index contributed by atoms with van der Waals surface area (Å²) in [6.45, 7) is 3.52. The van der Waals surface area contributed by atoms with Crippen LogP contribution < -0.4 is 0 Å². The number of ether oxygens (including phenoxy) is 1. The summed E-state index contributed by atoms with van der Waals surface area (Å²) in [6, 6.07) is 1.81. The molecule has 0 bridgehead atoms. The zero-order chi connectivity index (χ0) is 15.3. The molecule has 1 aromatic heterocycles. The van der Waals surface area contributed by atoms with Crippen molar-refractivity contribution in [2.75, 3.05) is 20.7 Å². The SMILES string of the molecule is CCOC(=O)c1cn(C(=O)/C(C#N)=C/N(C)C)nc1C. The number of hydrogen-bond acceptors (Lipinski definition) is 6. The highest BCUT2D eigenvalue weighted by Gasteiger charge is 2.19. The van der Waals surface area contributed by atoms with Gasteiger partial charge in [-0.1, -0.05) is 0 Å². The molecule has 0 N–H and O–H groups in total. The Kier molecular flexibility index (Phi) is 5.03. The first-order valence-electron chi connectivity index (χ1n) is 5.97. The zero-order valence-electron chi connectivity index (χ0n) is 11.9. The van der Waals surface area contributed by atoms with Gasteiger partial charge in [0.1, 0.15) is 17.2 Å². The van der Waals surface area contributed by atoms with E-state index in [1.807, 2.05) is 6.07 Å². The summed E-state index contributed by atoms with van der Waals surface area (Å²) in [5.74, 6) is -1.14. The third-order valence-corrected chi connectivity index (χ3v) is 2.34. The topological polar surface area (TPSA) is 88.2 Å². The van der Waals surface area contributed by atoms with Gasteiger partial charge in [0, 0.05) is 26.5 Å². The molecule has 20 heavy (non-hydrogen) atoms. The normalized spacial score (nSPS) is 10.8. The van der Waals surface area contributed by atoms with Crippen molar-refractivity contribution in [1.82, 2.24) is 14.7 Å². The second-order valence-corrected chi connectivity index (χ2v) is 4.22. The van der Waals surface area contributed by atoms with Crippen LogP contribution in [-0.4, -0.2) is 47.3 Å². The molecule has 7 heteroatoms. The van der Waals surface area contributed by atoms with Crippen molar-refractivity contribution >= 4 is 11.9 Å². The standard InChI is InChI=1S/C13H16N4O3/c1-5-20-13(19)11-8-17(15-9(11)2)12(18)10(6-14)7-16(3)4/h7-8H,5H2,1-4H3/b10-7+. The molecular formula is C13H16N4O3. The lowest BCUT2D eigenvalue weighted by Gasteiger charge is -2.05. The van der Waals surface area contributed by atoms with Gasteiger partial charge in [0.25, 0.3) is 5.91 Å². The number of nitrogens with zero attached hydrogens (tertiary/aromatic N) is 4. The second-order valence-electron chi connectivity index (χ2n) is 4.22. The first-order chi connectivity index (χ1) is 9.40. The van der Waals surface area contributed by atoms with Crippen LogP contribution in [0.5, 0.6) is 0 Å². The van der Waals surface area contributed by atoms with Gasteiger partial charge in [-0.2, -0.15) is 10.4 Å². The highest BCUT2D eigenvalue weighted by atomic mass is 16.5. The zero-order valence-corrected chi connectivity index (χ0v) is 11.9. The van der Waals surface area contributed by atoms with E-state index in [2.05, 4.69) is 5.10 Å². The van der Waals surface area contributed by atoms with Crippen molar-refractivity contribution in [1.29, 1.82) is 5.26 Å². The van der Waals surface area contributed by atoms with E-state index in [4.69, 9.17) is 10.00 Å². The average molecular weight is 276 g/mol. The maximum absolute atomic E-state index is 12.1. The van der Waals surface area contributed by atoms with Crippen LogP contribution in [0.25, 0.3) is 0 Å². The van der Waals surface area contributed by atoms with E-state index in [0.717, 1.165) is 4.68 Å². The molecule has 0 atom stereocenters. The molecule has 0 amide bonds. The van der Waals surface area contributed by atoms with Gasteiger partial charge in [0.15, 0.2) is 0 Å². The number of hydrogen-bond donors (Lipinski definition) is 0. The van der Waals surface area contributed by atoms with Crippen LogP contribution in [0.15, 0.2) is 18.0 Å². The van der Waals surface area contributed by atoms with Gasteiger partial charge < -0.3 is 9.64 Å². The minimum Gasteiger partial charge on any atom is -0.462 e. The minimum absolute atomic E-state index is 0.0760. The number of aromatic nitrogens is 2. The van der Waals surface area contributed by atoms with Gasteiger partial charge in [-0.25, -0.2) is 9.48 Å². The summed E-state index contributed by atoms with van der Waals surface area (Å²) >= 11 is 0. The lowest BCUT2D eigenvalue weighted by Crippen LogP contribution is -2.16. The van der Waals surface area contributed by atoms with Crippen molar-refractivity contribution in [3.05, 3.63) is 29.2 Å². The Morgan fingerprint density at radius 3 is 2.70 bits per heavy atom. The quantitative estimate of drug-likeness (QED) is 0.462. The van der Waals surface area contributed by atoms with Crippen LogP contribution in [0.4, 0.5) is 0 Å². The van der Waals surface area contributed by atoms with Gasteiger partial charge in [-0.15, -0.1) is 0 Å². The molecule has 0 aromatic carbocycles. The van der Waals surface area contributed by atoms with Crippen LogP contribution in [0.1, 0.15) is 27.8 Å². The number of rotatable bonds is 4. The lowest BCUT2D eigenvalue weighted by atomic mass is 10.2. The van der Waals surface area contributed by atoms with Gasteiger partial charge in [-0.3, -0.25) is 4.79 Å². The molecule has 106 valence electrons. The molecule has 0 unspecified atom stereocenters. The predicted molar refractivity (Wildman–Crippen MR) is 70.9 cm³/mol. The Hall–Kier alpha value is -2.62. The van der Waals surface area contributed by atoms with Crippen molar-refractivity contribution in [2.45, 2.75) is 13.8 Å². The molecule has 0 saturated heterocycles. The molecule has 7 nitrogen and oxygen atoms in total. The monoisotopic (exact) mass is 276 g/mol. The number of nitriles is 1. The maximum atomic E-state index is 12.1. The van der Waals surface area contributed by atoms with Gasteiger partial charge in [0.2, 0.25) is 0 Å². The van der Waals surface area contributed by atoms with Crippen LogP contribution >= 0.6 is 0 Å². The van der Waals surface area contributed by atoms with Gasteiger partial charge in [-0.05, 0) is 13.8 Å². The Labute approximate surface area is 117 Å². The minimum atomic E-state index is -0.597. The Bertz CT molecular complexity index is 593. The Morgan fingerprint density at radius 1 is 1.55 bits per heavy atom. The van der Waals surface area contributed by atoms with Crippen molar-refractivity contribution in [2.24, 2.45) is 0 Å². The van der Waals surface area contributed by atoms with E-state index in [9.17, 15) is 9.59 Å². The summed E-state index contributed by atoms with van der Waals surface area (Å²) in [5.41, 5.74) is 0.509. The van der Waals surface area contributed by atoms with E-state index in [1.165, 1.54) is 12.4 Å². The number of esters is 1. The number of carbonyl (C=O) groups is 2. The Morgan fingerprint density at radius 2 is 2.20 bits per heavy atom. The fourth-order valence-electron chi connectivity index (χ4n) is 1.49. The predicted octanol–water partition coefficient (Wildman–Crippen LogP) is 0.978. The molecule has 1 heterocycles. The molecule has 1 aromatic rings. The summed E-state index contributed by atoms with van der Waals surface area (Å²) < 4.78 is 5.83. The fourth-order valence-corrected chi connectivity index (χ4v) is 1.49. The van der Waals surface area contributed by atoms with Crippen LogP contribution in [0.2, 0.25) is 0 Å². The first kappa shape index (κ1) is 15.4. The lowest BCUT2D eigenvalue weighted by molar-refractivity contribution is 0.0525. The third kappa shape index (κ3) is 3.45. The maximum Gasteiger partial charge on any atom is 0.341 e. The second kappa shape index (κ2) is 6.52. The highest BCUT2D eigenvalue weighted by molar-refractivity contribution is 5.99. The summed E-state index contributed by atoms with van der Waals surface area (Å²) in [6.07, 6.45) is 2.67. The van der Waals surface area contributed by atoms with E-state index in [1.54, 1.807) is 32.8 Å². The van der Waals surface area contributed by atoms with Crippen LogP contribution in [0, 0.1) is 18.3 Å². The van der Waals surface area contributed by atoms with Crippen molar-refractivity contribution in [3.8, 4) is 6.07 Å². The smallest absolute Gasteiger partial charge is 0.341 e. The average Bonchev–Trinajstić information content (AvgIpc) is 2.77. The van der Waals surface area contributed by atoms with Crippen LogP contribution in [-0.2, 0) is 4.74 Å². The van der Waals surface area contributed by atoms with Gasteiger partial charge >= 0.3 is 5.97 Å². The van der Waals surface area contributed by atoms with E-state index >= 15 is 0 Å². The third-order valence-electron chi connectivity index (χ3n) is 2.34. The molecule has 0 saturated carbocycles. The van der Waals surface area contributed by atoms with Crippen molar-refractivity contribution in [3.63, 3.8) is 0 Å². The molecule has 0 aliphatic heterocycles. The molecule has 0 radical (unpaired) electrons. The van der Waals surface area contributed by atoms with Gasteiger partial charge in [0.05, 0.1) is 12.3 Å². The number of allylic oxidation sites excluding steroid dienone is 1. The number of aryl methyl sites for hydroxylation is 1. The summed E-state index contributed by atoms with van der Waals surface area (Å²) in [5, 5.41) is 12.9. The first-order valence-corrected chi connectivity index (χ1v) is 5.97. The Balaban J connectivity index is 3.10. The molecule has 0 fully saturated rings. The summed E-state index contributed by atoms with van der Waals surface area (Å²) in [4.78, 5) is 25.3. The summed E-state index contributed by atoms with van der Waals surface area (Å²) in [7, 11) is 3.39. The fraction of sp³-hybridized carbons (Fsp3) is 0.385. The molecule has 0 aliphatic rings. The molecule has 0 aliphatic carbocycles.